The first-order chi connectivity index (χ1) is 15.5. The Bertz CT molecular complexity index is 1130. The van der Waals surface area contributed by atoms with E-state index >= 15 is 0 Å². The summed E-state index contributed by atoms with van der Waals surface area (Å²) >= 11 is 5.23. The molecular weight excluding hydrogens is 426 g/mol. The summed E-state index contributed by atoms with van der Waals surface area (Å²) < 4.78 is 15.8. The van der Waals surface area contributed by atoms with Crippen molar-refractivity contribution in [2.45, 2.75) is 6.92 Å². The van der Waals surface area contributed by atoms with Crippen LogP contribution in [0.3, 0.4) is 0 Å². The van der Waals surface area contributed by atoms with Crippen molar-refractivity contribution in [2.24, 2.45) is 5.10 Å². The molecule has 0 fully saturated rings. The van der Waals surface area contributed by atoms with Crippen molar-refractivity contribution in [1.29, 1.82) is 0 Å². The summed E-state index contributed by atoms with van der Waals surface area (Å²) in [6.45, 7) is 2.01. The lowest BCUT2D eigenvalue weighted by Gasteiger charge is -2.09. The van der Waals surface area contributed by atoms with Gasteiger partial charge in [-0.15, -0.1) is 0 Å². The average molecular weight is 450 g/mol. The third-order valence-corrected chi connectivity index (χ3v) is 4.56. The predicted octanol–water partition coefficient (Wildman–Crippen LogP) is 4.55. The molecule has 3 aromatic rings. The van der Waals surface area contributed by atoms with Gasteiger partial charge in [0.2, 0.25) is 0 Å². The van der Waals surface area contributed by atoms with Gasteiger partial charge >= 0.3 is 5.97 Å². The van der Waals surface area contributed by atoms with Crippen LogP contribution in [0, 0.1) is 6.92 Å². The maximum absolute atomic E-state index is 12.4. The van der Waals surface area contributed by atoms with Crippen molar-refractivity contribution < 1.29 is 19.0 Å². The number of aryl methyl sites for hydroxylation is 1. The topological polar surface area (TPSA) is 81.2 Å². The predicted molar refractivity (Wildman–Crippen MR) is 129 cm³/mol. The minimum atomic E-state index is -0.499. The summed E-state index contributed by atoms with van der Waals surface area (Å²) in [4.78, 5) is 12.4. The molecule has 3 rings (SSSR count). The zero-order chi connectivity index (χ0) is 22.9. The van der Waals surface area contributed by atoms with E-state index in [0.29, 0.717) is 27.9 Å². The van der Waals surface area contributed by atoms with E-state index in [0.717, 1.165) is 16.8 Å². The van der Waals surface area contributed by atoms with Gasteiger partial charge in [0.05, 0.1) is 26.0 Å². The number of carbonyl (C=O) groups is 1. The van der Waals surface area contributed by atoms with E-state index in [4.69, 9.17) is 26.4 Å². The second-order valence-corrected chi connectivity index (χ2v) is 7.13. The van der Waals surface area contributed by atoms with Gasteiger partial charge in [0.25, 0.3) is 0 Å². The monoisotopic (exact) mass is 449 g/mol. The molecule has 0 bridgehead atoms. The zero-order valence-electron chi connectivity index (χ0n) is 17.9. The fraction of sp³-hybridized carbons (Fsp3) is 0.125. The first-order valence-electron chi connectivity index (χ1n) is 9.69. The first-order valence-corrected chi connectivity index (χ1v) is 10.1. The molecule has 0 radical (unpaired) electrons. The molecule has 0 amide bonds. The SMILES string of the molecule is COc1ccc(C(=O)Oc2ccc(/C=N\NC(=S)Nc3cccc(C)c3)cc2)cc1OC. The number of esters is 1. The number of methoxy groups -OCH3 is 2. The molecule has 32 heavy (non-hydrogen) atoms. The Balaban J connectivity index is 1.54. The maximum Gasteiger partial charge on any atom is 0.343 e. The number of rotatable bonds is 7. The van der Waals surface area contributed by atoms with E-state index in [1.54, 1.807) is 48.7 Å². The minimum Gasteiger partial charge on any atom is -0.493 e. The fourth-order valence-corrected chi connectivity index (χ4v) is 2.97. The molecule has 0 saturated heterocycles. The fourth-order valence-electron chi connectivity index (χ4n) is 2.80. The third-order valence-electron chi connectivity index (χ3n) is 4.37. The molecule has 0 spiro atoms. The number of nitrogens with zero attached hydrogens (tertiary/aromatic N) is 1. The van der Waals surface area contributed by atoms with Crippen LogP contribution in [0.2, 0.25) is 0 Å². The van der Waals surface area contributed by atoms with Gasteiger partial charge < -0.3 is 19.5 Å². The van der Waals surface area contributed by atoms with Crippen LogP contribution in [0.1, 0.15) is 21.5 Å². The van der Waals surface area contributed by atoms with Crippen molar-refractivity contribution in [2.75, 3.05) is 19.5 Å². The standard InChI is InChI=1S/C24H23N3O4S/c1-16-5-4-6-19(13-16)26-24(32)27-25-15-17-7-10-20(11-8-17)31-23(28)18-9-12-21(29-2)22(14-18)30-3/h4-15H,1-3H3,(H2,26,27,32)/b25-15-. The Morgan fingerprint density at radius 1 is 0.969 bits per heavy atom. The van der Waals surface area contributed by atoms with E-state index < -0.39 is 5.97 Å². The van der Waals surface area contributed by atoms with Crippen molar-refractivity contribution in [1.82, 2.24) is 5.43 Å². The smallest absolute Gasteiger partial charge is 0.343 e. The molecule has 0 atom stereocenters. The van der Waals surface area contributed by atoms with Crippen molar-refractivity contribution in [3.63, 3.8) is 0 Å². The summed E-state index contributed by atoms with van der Waals surface area (Å²) in [5.74, 6) is 0.902. The van der Waals surface area contributed by atoms with E-state index in [1.165, 1.54) is 14.2 Å². The van der Waals surface area contributed by atoms with E-state index in [-0.39, 0.29) is 0 Å². The Morgan fingerprint density at radius 2 is 1.72 bits per heavy atom. The van der Waals surface area contributed by atoms with Crippen LogP contribution >= 0.6 is 12.2 Å². The number of ether oxygens (including phenoxy) is 3. The van der Waals surface area contributed by atoms with Crippen LogP contribution < -0.4 is 25.0 Å². The Morgan fingerprint density at radius 3 is 2.41 bits per heavy atom. The molecule has 0 saturated carbocycles. The van der Waals surface area contributed by atoms with E-state index in [9.17, 15) is 4.79 Å². The summed E-state index contributed by atoms with van der Waals surface area (Å²) in [6.07, 6.45) is 1.62. The maximum atomic E-state index is 12.4. The number of thiocarbonyl (C=S) groups is 1. The minimum absolute atomic E-state index is 0.354. The van der Waals surface area contributed by atoms with Crippen molar-refractivity contribution in [3.8, 4) is 17.2 Å². The van der Waals surface area contributed by atoms with Gasteiger partial charge in [-0.05, 0) is 84.9 Å². The second-order valence-electron chi connectivity index (χ2n) is 6.72. The lowest BCUT2D eigenvalue weighted by atomic mass is 10.2. The van der Waals surface area contributed by atoms with Crippen LogP contribution in [0.4, 0.5) is 5.69 Å². The number of benzene rings is 3. The normalized spacial score (nSPS) is 10.5. The molecule has 0 heterocycles. The van der Waals surface area contributed by atoms with E-state index in [2.05, 4.69) is 15.8 Å². The summed E-state index contributed by atoms with van der Waals surface area (Å²) in [7, 11) is 3.04. The lowest BCUT2D eigenvalue weighted by Crippen LogP contribution is -2.23. The molecule has 164 valence electrons. The first kappa shape index (κ1) is 22.8. The van der Waals surface area contributed by atoms with Crippen LogP contribution in [0.5, 0.6) is 17.2 Å². The second kappa shape index (κ2) is 10.9. The van der Waals surface area contributed by atoms with Crippen LogP contribution in [-0.2, 0) is 0 Å². The number of hydrogen-bond donors (Lipinski definition) is 2. The Labute approximate surface area is 192 Å². The number of hydrazone groups is 1. The van der Waals surface area contributed by atoms with Gasteiger partial charge in [-0.3, -0.25) is 5.43 Å². The number of nitrogens with one attached hydrogen (secondary N) is 2. The zero-order valence-corrected chi connectivity index (χ0v) is 18.7. The number of hydrogen-bond acceptors (Lipinski definition) is 6. The highest BCUT2D eigenvalue weighted by molar-refractivity contribution is 7.80. The molecule has 2 N–H and O–H groups in total. The van der Waals surface area contributed by atoms with Gasteiger partial charge in [-0.25, -0.2) is 4.79 Å². The molecule has 0 aliphatic heterocycles. The molecule has 0 aliphatic carbocycles. The molecular formula is C24H23N3O4S. The summed E-state index contributed by atoms with van der Waals surface area (Å²) in [6, 6.07) is 19.6. The quantitative estimate of drug-likeness (QED) is 0.180. The highest BCUT2D eigenvalue weighted by atomic mass is 32.1. The van der Waals surface area contributed by atoms with Gasteiger partial charge in [0.15, 0.2) is 16.6 Å². The number of anilines is 1. The molecule has 7 nitrogen and oxygen atoms in total. The van der Waals surface area contributed by atoms with Crippen molar-refractivity contribution >= 4 is 35.2 Å². The van der Waals surface area contributed by atoms with Gasteiger partial charge in [-0.1, -0.05) is 12.1 Å². The Kier molecular flexibility index (Phi) is 7.77. The molecule has 3 aromatic carbocycles. The summed E-state index contributed by atoms with van der Waals surface area (Å²) in [5.41, 5.74) is 5.95. The number of carbonyl (C=O) groups excluding carboxylic acids is 1. The van der Waals surface area contributed by atoms with Crippen LogP contribution in [0.15, 0.2) is 71.8 Å². The van der Waals surface area contributed by atoms with Crippen molar-refractivity contribution in [3.05, 3.63) is 83.4 Å². The van der Waals surface area contributed by atoms with Crippen LogP contribution in [-0.4, -0.2) is 31.5 Å². The average Bonchev–Trinajstić information content (AvgIpc) is 2.79. The molecule has 0 aliphatic rings. The molecule has 0 aromatic heterocycles. The summed E-state index contributed by atoms with van der Waals surface area (Å²) in [5, 5.41) is 7.57. The van der Waals surface area contributed by atoms with Gasteiger partial charge in [-0.2, -0.15) is 5.10 Å². The van der Waals surface area contributed by atoms with E-state index in [1.807, 2.05) is 31.2 Å². The van der Waals surface area contributed by atoms with Crippen LogP contribution in [0.25, 0.3) is 0 Å². The lowest BCUT2D eigenvalue weighted by molar-refractivity contribution is 0.0734. The highest BCUT2D eigenvalue weighted by Crippen LogP contribution is 2.28. The Hall–Kier alpha value is -3.91. The largest absolute Gasteiger partial charge is 0.493 e. The highest BCUT2D eigenvalue weighted by Gasteiger charge is 2.12. The molecule has 8 heteroatoms. The van der Waals surface area contributed by atoms with Gasteiger partial charge in [0, 0.05) is 5.69 Å². The third kappa shape index (κ3) is 6.29. The van der Waals surface area contributed by atoms with Gasteiger partial charge in [0.1, 0.15) is 5.75 Å². The molecule has 0 unspecified atom stereocenters.